The van der Waals surface area contributed by atoms with Gasteiger partial charge in [-0.15, -0.1) is 0 Å². The van der Waals surface area contributed by atoms with Gasteiger partial charge < -0.3 is 24.7 Å². The average Bonchev–Trinajstić information content (AvgIpc) is 2.35. The van der Waals surface area contributed by atoms with E-state index in [9.17, 15) is 22.8 Å². The Hall–Kier alpha value is -1.55. The van der Waals surface area contributed by atoms with E-state index in [4.69, 9.17) is 14.9 Å². The Bertz CT molecular complexity index is 391. The molecule has 21 heavy (non-hydrogen) atoms. The number of nitrogens with zero attached hydrogens (tertiary/aromatic N) is 2. The number of aliphatic hydroxyl groups is 1. The summed E-state index contributed by atoms with van der Waals surface area (Å²) in [6, 6.07) is -1.55. The van der Waals surface area contributed by atoms with Crippen molar-refractivity contribution in [3.05, 3.63) is 0 Å². The fourth-order valence-corrected chi connectivity index (χ4v) is 1.95. The van der Waals surface area contributed by atoms with Gasteiger partial charge in [-0.3, -0.25) is 4.79 Å². The molecule has 2 N–H and O–H groups in total. The highest BCUT2D eigenvalue weighted by molar-refractivity contribution is 5.80. The molecule has 1 aliphatic heterocycles. The zero-order valence-corrected chi connectivity index (χ0v) is 11.3. The first-order chi connectivity index (χ1) is 9.64. The molecule has 1 aliphatic rings. The molecule has 2 unspecified atom stereocenters. The van der Waals surface area contributed by atoms with Crippen LogP contribution in [0.2, 0.25) is 0 Å². The second-order valence-electron chi connectivity index (χ2n) is 4.79. The summed E-state index contributed by atoms with van der Waals surface area (Å²) < 4.78 is 42.5. The molecule has 0 radical (unpaired) electrons. The molecule has 0 saturated carbocycles. The van der Waals surface area contributed by atoms with Crippen molar-refractivity contribution in [2.45, 2.75) is 25.2 Å². The van der Waals surface area contributed by atoms with Crippen molar-refractivity contribution in [3.8, 4) is 0 Å². The predicted molar refractivity (Wildman–Crippen MR) is 63.7 cm³/mol. The lowest BCUT2D eigenvalue weighted by atomic mass is 10.2. The Morgan fingerprint density at radius 1 is 1.43 bits per heavy atom. The fraction of sp³-hybridized carbons (Fsp3) is 0.818. The van der Waals surface area contributed by atoms with Gasteiger partial charge in [0.2, 0.25) is 0 Å². The summed E-state index contributed by atoms with van der Waals surface area (Å²) in [5.41, 5.74) is 0. The highest BCUT2D eigenvalue weighted by Crippen LogP contribution is 2.20. The number of urea groups is 1. The molecule has 122 valence electrons. The first kappa shape index (κ1) is 17.5. The first-order valence-electron chi connectivity index (χ1n) is 6.20. The number of hydrogen-bond acceptors (Lipinski definition) is 4. The predicted octanol–water partition coefficient (Wildman–Crippen LogP) is 0.137. The highest BCUT2D eigenvalue weighted by Gasteiger charge is 2.38. The van der Waals surface area contributed by atoms with Crippen LogP contribution >= 0.6 is 0 Å². The third-order valence-electron chi connectivity index (χ3n) is 2.92. The number of alkyl halides is 3. The Kier molecular flexibility index (Phi) is 5.78. The van der Waals surface area contributed by atoms with E-state index in [1.54, 1.807) is 6.92 Å². The van der Waals surface area contributed by atoms with Crippen LogP contribution in [0.4, 0.5) is 18.0 Å². The van der Waals surface area contributed by atoms with Crippen LogP contribution in [0.25, 0.3) is 0 Å². The molecular formula is C11H17F3N2O5. The summed E-state index contributed by atoms with van der Waals surface area (Å²) in [4.78, 5) is 24.1. The number of morpholine rings is 1. The normalized spacial score (nSPS) is 23.0. The maximum atomic E-state index is 12.5. The van der Waals surface area contributed by atoms with Crippen molar-refractivity contribution in [1.82, 2.24) is 9.80 Å². The minimum Gasteiger partial charge on any atom is -0.480 e. The third-order valence-corrected chi connectivity index (χ3v) is 2.92. The third kappa shape index (κ3) is 5.38. The van der Waals surface area contributed by atoms with Crippen LogP contribution in [0, 0.1) is 0 Å². The van der Waals surface area contributed by atoms with Gasteiger partial charge in [0.25, 0.3) is 0 Å². The van der Waals surface area contributed by atoms with E-state index in [2.05, 4.69) is 0 Å². The molecule has 1 fully saturated rings. The van der Waals surface area contributed by atoms with Crippen LogP contribution in [-0.4, -0.2) is 83.2 Å². The number of carbonyl (C=O) groups excluding carboxylic acids is 1. The summed E-state index contributed by atoms with van der Waals surface area (Å²) in [5.74, 6) is -1.53. The molecule has 0 bridgehead atoms. The topological polar surface area (TPSA) is 90.3 Å². The van der Waals surface area contributed by atoms with Gasteiger partial charge in [-0.2, -0.15) is 13.2 Å². The van der Waals surface area contributed by atoms with E-state index in [0.717, 1.165) is 4.90 Å². The van der Waals surface area contributed by atoms with Gasteiger partial charge in [0.1, 0.15) is 13.1 Å². The number of rotatable bonds is 4. The zero-order chi connectivity index (χ0) is 16.2. The lowest BCUT2D eigenvalue weighted by Gasteiger charge is -2.40. The first-order valence-corrected chi connectivity index (χ1v) is 6.20. The number of carbonyl (C=O) groups is 2. The monoisotopic (exact) mass is 314 g/mol. The van der Waals surface area contributed by atoms with Gasteiger partial charge in [-0.05, 0) is 6.92 Å². The summed E-state index contributed by atoms with van der Waals surface area (Å²) in [6.45, 7) is -1.54. The van der Waals surface area contributed by atoms with Crippen LogP contribution in [0.1, 0.15) is 6.92 Å². The molecule has 2 atom stereocenters. The number of ether oxygens (including phenoxy) is 1. The van der Waals surface area contributed by atoms with Crippen LogP contribution < -0.4 is 0 Å². The molecule has 10 heteroatoms. The minimum atomic E-state index is -4.70. The number of carboxylic acid groups (broad SMARTS) is 1. The van der Waals surface area contributed by atoms with Gasteiger partial charge in [-0.25, -0.2) is 4.79 Å². The van der Waals surface area contributed by atoms with Gasteiger partial charge in [0.05, 0.1) is 31.9 Å². The van der Waals surface area contributed by atoms with Crippen molar-refractivity contribution < 1.29 is 37.7 Å². The molecule has 1 heterocycles. The largest absolute Gasteiger partial charge is 0.480 e. The molecule has 0 spiro atoms. The van der Waals surface area contributed by atoms with Crippen molar-refractivity contribution in [1.29, 1.82) is 0 Å². The fourth-order valence-electron chi connectivity index (χ4n) is 1.95. The standard InChI is InChI=1S/C11H17F3N2O5/c1-7-5-21-8(4-17)2-16(7)10(20)15(3-9(18)19)6-11(12,13)14/h7-8,17H,2-6H2,1H3,(H,18,19). The molecule has 7 nitrogen and oxygen atoms in total. The lowest BCUT2D eigenvalue weighted by Crippen LogP contribution is -2.57. The number of hydrogen-bond donors (Lipinski definition) is 2. The summed E-state index contributed by atoms with van der Waals surface area (Å²) >= 11 is 0. The van der Waals surface area contributed by atoms with Crippen LogP contribution in [0.5, 0.6) is 0 Å². The van der Waals surface area contributed by atoms with Crippen LogP contribution in [0.3, 0.4) is 0 Å². The van der Waals surface area contributed by atoms with E-state index < -0.39 is 43.4 Å². The molecular weight excluding hydrogens is 297 g/mol. The van der Waals surface area contributed by atoms with Crippen molar-refractivity contribution in [2.75, 3.05) is 32.8 Å². The van der Waals surface area contributed by atoms with E-state index >= 15 is 0 Å². The zero-order valence-electron chi connectivity index (χ0n) is 11.3. The molecule has 0 aliphatic carbocycles. The van der Waals surface area contributed by atoms with Crippen molar-refractivity contribution >= 4 is 12.0 Å². The van der Waals surface area contributed by atoms with Crippen LogP contribution in [-0.2, 0) is 9.53 Å². The van der Waals surface area contributed by atoms with Gasteiger partial charge in [0.15, 0.2) is 0 Å². The summed E-state index contributed by atoms with van der Waals surface area (Å²) in [6.07, 6.45) is -5.39. The number of halogens is 3. The quantitative estimate of drug-likeness (QED) is 0.770. The van der Waals surface area contributed by atoms with Gasteiger partial charge in [-0.1, -0.05) is 0 Å². The van der Waals surface area contributed by atoms with E-state index in [1.165, 1.54) is 0 Å². The van der Waals surface area contributed by atoms with E-state index in [1.807, 2.05) is 0 Å². The van der Waals surface area contributed by atoms with Crippen LogP contribution in [0.15, 0.2) is 0 Å². The maximum absolute atomic E-state index is 12.5. The Labute approximate surface area is 118 Å². The van der Waals surface area contributed by atoms with Crippen molar-refractivity contribution in [2.24, 2.45) is 0 Å². The SMILES string of the molecule is CC1COC(CO)CN1C(=O)N(CC(=O)O)CC(F)(F)F. The maximum Gasteiger partial charge on any atom is 0.406 e. The highest BCUT2D eigenvalue weighted by atomic mass is 19.4. The van der Waals surface area contributed by atoms with E-state index in [0.29, 0.717) is 0 Å². The second kappa shape index (κ2) is 6.94. The molecule has 1 rings (SSSR count). The number of aliphatic hydroxyl groups excluding tert-OH is 1. The Morgan fingerprint density at radius 3 is 2.52 bits per heavy atom. The van der Waals surface area contributed by atoms with Gasteiger partial charge in [0, 0.05) is 0 Å². The Morgan fingerprint density at radius 2 is 2.05 bits per heavy atom. The van der Waals surface area contributed by atoms with E-state index in [-0.39, 0.29) is 24.7 Å². The number of amides is 2. The second-order valence-corrected chi connectivity index (χ2v) is 4.79. The molecule has 0 aromatic heterocycles. The number of carboxylic acids is 1. The van der Waals surface area contributed by atoms with Gasteiger partial charge >= 0.3 is 18.2 Å². The molecule has 1 saturated heterocycles. The summed E-state index contributed by atoms with van der Waals surface area (Å²) in [5, 5.41) is 17.6. The number of aliphatic carboxylic acids is 1. The average molecular weight is 314 g/mol. The molecule has 0 aromatic rings. The molecule has 2 amide bonds. The lowest BCUT2D eigenvalue weighted by molar-refractivity contribution is -0.151. The smallest absolute Gasteiger partial charge is 0.406 e. The Balaban J connectivity index is 2.84. The van der Waals surface area contributed by atoms with Crippen molar-refractivity contribution in [3.63, 3.8) is 0 Å². The molecule has 0 aromatic carbocycles. The minimum absolute atomic E-state index is 0.0594. The summed E-state index contributed by atoms with van der Waals surface area (Å²) in [7, 11) is 0.